The van der Waals surface area contributed by atoms with Gasteiger partial charge in [-0.3, -0.25) is 0 Å². The molecule has 0 radical (unpaired) electrons. The van der Waals surface area contributed by atoms with Crippen molar-refractivity contribution in [2.45, 2.75) is 33.7 Å². The number of hydrogen-bond donors (Lipinski definition) is 1. The number of aliphatic carboxylic acids is 1. The summed E-state index contributed by atoms with van der Waals surface area (Å²) in [7, 11) is 0. The zero-order chi connectivity index (χ0) is 14.4. The Kier molecular flexibility index (Phi) is 5.61. The van der Waals surface area contributed by atoms with Crippen LogP contribution in [-0.2, 0) is 4.79 Å². The normalized spacial score (nSPS) is 11.5. The van der Waals surface area contributed by atoms with Crippen LogP contribution in [0.2, 0.25) is 0 Å². The molecular formula is C16H23NO2. The SMILES string of the molecule is CC(C)CN(c1ccccc1C=CC(=O)O)C(C)C. The van der Waals surface area contributed by atoms with Crippen molar-refractivity contribution in [3.05, 3.63) is 35.9 Å². The number of rotatable bonds is 6. The monoisotopic (exact) mass is 261 g/mol. The first-order valence-electron chi connectivity index (χ1n) is 6.68. The molecule has 104 valence electrons. The second-order valence-corrected chi connectivity index (χ2v) is 5.37. The second kappa shape index (κ2) is 6.98. The molecule has 0 aliphatic carbocycles. The number of carbonyl (C=O) groups is 1. The molecule has 1 aromatic rings. The minimum Gasteiger partial charge on any atom is -0.478 e. The summed E-state index contributed by atoms with van der Waals surface area (Å²) < 4.78 is 0. The summed E-state index contributed by atoms with van der Waals surface area (Å²) in [6.07, 6.45) is 2.85. The molecule has 0 spiro atoms. The van der Waals surface area contributed by atoms with Gasteiger partial charge in [0.2, 0.25) is 0 Å². The smallest absolute Gasteiger partial charge is 0.328 e. The zero-order valence-electron chi connectivity index (χ0n) is 12.1. The summed E-state index contributed by atoms with van der Waals surface area (Å²) >= 11 is 0. The van der Waals surface area contributed by atoms with Crippen LogP contribution in [0.5, 0.6) is 0 Å². The van der Waals surface area contributed by atoms with E-state index < -0.39 is 5.97 Å². The molecule has 1 aromatic carbocycles. The van der Waals surface area contributed by atoms with Gasteiger partial charge in [-0.1, -0.05) is 32.0 Å². The topological polar surface area (TPSA) is 40.5 Å². The lowest BCUT2D eigenvalue weighted by molar-refractivity contribution is -0.131. The summed E-state index contributed by atoms with van der Waals surface area (Å²) in [5, 5.41) is 8.76. The van der Waals surface area contributed by atoms with Crippen molar-refractivity contribution in [2.75, 3.05) is 11.4 Å². The number of benzene rings is 1. The van der Waals surface area contributed by atoms with Gasteiger partial charge in [0.1, 0.15) is 0 Å². The number of nitrogens with zero attached hydrogens (tertiary/aromatic N) is 1. The van der Waals surface area contributed by atoms with Crippen molar-refractivity contribution in [3.8, 4) is 0 Å². The predicted octanol–water partition coefficient (Wildman–Crippen LogP) is 3.66. The molecule has 0 amide bonds. The van der Waals surface area contributed by atoms with Gasteiger partial charge in [0.15, 0.2) is 0 Å². The molecule has 0 aromatic heterocycles. The van der Waals surface area contributed by atoms with Crippen molar-refractivity contribution in [2.24, 2.45) is 5.92 Å². The van der Waals surface area contributed by atoms with E-state index in [1.807, 2.05) is 24.3 Å². The minimum absolute atomic E-state index is 0.377. The Morgan fingerprint density at radius 2 is 1.89 bits per heavy atom. The number of para-hydroxylation sites is 1. The third-order valence-electron chi connectivity index (χ3n) is 2.84. The summed E-state index contributed by atoms with van der Waals surface area (Å²) in [6.45, 7) is 9.63. The van der Waals surface area contributed by atoms with E-state index in [0.29, 0.717) is 12.0 Å². The molecule has 0 aliphatic heterocycles. The molecule has 3 nitrogen and oxygen atoms in total. The van der Waals surface area contributed by atoms with Gasteiger partial charge in [-0.2, -0.15) is 0 Å². The van der Waals surface area contributed by atoms with Gasteiger partial charge in [0, 0.05) is 24.4 Å². The fraction of sp³-hybridized carbons (Fsp3) is 0.438. The Morgan fingerprint density at radius 1 is 1.26 bits per heavy atom. The molecule has 0 saturated heterocycles. The molecular weight excluding hydrogens is 238 g/mol. The molecule has 19 heavy (non-hydrogen) atoms. The van der Waals surface area contributed by atoms with Crippen LogP contribution < -0.4 is 4.90 Å². The van der Waals surface area contributed by atoms with Crippen molar-refractivity contribution >= 4 is 17.7 Å². The Hall–Kier alpha value is -1.77. The summed E-state index contributed by atoms with van der Waals surface area (Å²) in [4.78, 5) is 13.0. The molecule has 0 aliphatic rings. The van der Waals surface area contributed by atoms with Gasteiger partial charge in [-0.05, 0) is 37.5 Å². The van der Waals surface area contributed by atoms with E-state index in [0.717, 1.165) is 17.8 Å². The van der Waals surface area contributed by atoms with Crippen molar-refractivity contribution in [1.82, 2.24) is 0 Å². The number of hydrogen-bond acceptors (Lipinski definition) is 2. The van der Waals surface area contributed by atoms with Crippen LogP contribution in [0.3, 0.4) is 0 Å². The van der Waals surface area contributed by atoms with Crippen molar-refractivity contribution in [3.63, 3.8) is 0 Å². The van der Waals surface area contributed by atoms with Crippen LogP contribution >= 0.6 is 0 Å². The highest BCUT2D eigenvalue weighted by Crippen LogP contribution is 2.24. The summed E-state index contributed by atoms with van der Waals surface area (Å²) in [5.74, 6) is -0.367. The quantitative estimate of drug-likeness (QED) is 0.794. The van der Waals surface area contributed by atoms with E-state index in [9.17, 15) is 4.79 Å². The van der Waals surface area contributed by atoms with E-state index >= 15 is 0 Å². The lowest BCUT2D eigenvalue weighted by Gasteiger charge is -2.32. The Bertz CT molecular complexity index is 450. The fourth-order valence-electron chi connectivity index (χ4n) is 2.03. The Balaban J connectivity index is 3.12. The first kappa shape index (κ1) is 15.3. The maximum absolute atomic E-state index is 10.7. The zero-order valence-corrected chi connectivity index (χ0v) is 12.1. The highest BCUT2D eigenvalue weighted by molar-refractivity contribution is 5.87. The Morgan fingerprint density at radius 3 is 2.42 bits per heavy atom. The largest absolute Gasteiger partial charge is 0.478 e. The van der Waals surface area contributed by atoms with Gasteiger partial charge < -0.3 is 10.0 Å². The number of carboxylic acids is 1. The molecule has 0 atom stereocenters. The van der Waals surface area contributed by atoms with Crippen LogP contribution in [0, 0.1) is 5.92 Å². The first-order chi connectivity index (χ1) is 8.91. The van der Waals surface area contributed by atoms with E-state index in [1.165, 1.54) is 6.08 Å². The fourth-order valence-corrected chi connectivity index (χ4v) is 2.03. The van der Waals surface area contributed by atoms with E-state index in [1.54, 1.807) is 6.08 Å². The maximum Gasteiger partial charge on any atom is 0.328 e. The number of anilines is 1. The molecule has 0 saturated carbocycles. The molecule has 3 heteroatoms. The van der Waals surface area contributed by atoms with Gasteiger partial charge in [0.25, 0.3) is 0 Å². The average Bonchev–Trinajstić information content (AvgIpc) is 2.33. The molecule has 1 rings (SSSR count). The van der Waals surface area contributed by atoms with Gasteiger partial charge in [-0.25, -0.2) is 4.79 Å². The average molecular weight is 261 g/mol. The standard InChI is InChI=1S/C16H23NO2/c1-12(2)11-17(13(3)4)15-8-6-5-7-14(15)9-10-16(18)19/h5-10,12-13H,11H2,1-4H3,(H,18,19). The molecule has 0 unspecified atom stereocenters. The molecule has 0 heterocycles. The maximum atomic E-state index is 10.7. The summed E-state index contributed by atoms with van der Waals surface area (Å²) in [5.41, 5.74) is 2.03. The lowest BCUT2D eigenvalue weighted by atomic mass is 10.1. The van der Waals surface area contributed by atoms with Crippen LogP contribution in [0.4, 0.5) is 5.69 Å². The molecule has 1 N–H and O–H groups in total. The predicted molar refractivity (Wildman–Crippen MR) is 80.4 cm³/mol. The van der Waals surface area contributed by atoms with E-state index in [2.05, 4.69) is 32.6 Å². The third kappa shape index (κ3) is 4.78. The second-order valence-electron chi connectivity index (χ2n) is 5.37. The number of carboxylic acid groups (broad SMARTS) is 1. The van der Waals surface area contributed by atoms with Crippen LogP contribution in [0.15, 0.2) is 30.3 Å². The summed E-state index contributed by atoms with van der Waals surface area (Å²) in [6, 6.07) is 8.29. The van der Waals surface area contributed by atoms with Gasteiger partial charge in [-0.15, -0.1) is 0 Å². The van der Waals surface area contributed by atoms with E-state index in [4.69, 9.17) is 5.11 Å². The molecule has 0 bridgehead atoms. The van der Waals surface area contributed by atoms with Crippen LogP contribution in [0.1, 0.15) is 33.3 Å². The lowest BCUT2D eigenvalue weighted by Crippen LogP contribution is -2.34. The van der Waals surface area contributed by atoms with Crippen molar-refractivity contribution < 1.29 is 9.90 Å². The van der Waals surface area contributed by atoms with Crippen LogP contribution in [-0.4, -0.2) is 23.7 Å². The highest BCUT2D eigenvalue weighted by atomic mass is 16.4. The minimum atomic E-state index is -0.922. The molecule has 0 fully saturated rings. The van der Waals surface area contributed by atoms with Crippen LogP contribution in [0.25, 0.3) is 6.08 Å². The highest BCUT2D eigenvalue weighted by Gasteiger charge is 2.14. The van der Waals surface area contributed by atoms with Gasteiger partial charge in [0.05, 0.1) is 0 Å². The van der Waals surface area contributed by atoms with Gasteiger partial charge >= 0.3 is 5.97 Å². The van der Waals surface area contributed by atoms with Crippen molar-refractivity contribution in [1.29, 1.82) is 0 Å². The van der Waals surface area contributed by atoms with E-state index in [-0.39, 0.29) is 0 Å². The first-order valence-corrected chi connectivity index (χ1v) is 6.68. The Labute approximate surface area is 115 Å². The third-order valence-corrected chi connectivity index (χ3v) is 2.84.